The van der Waals surface area contributed by atoms with E-state index in [1.165, 1.54) is 12.8 Å². The average Bonchev–Trinajstić information content (AvgIpc) is 2.97. The smallest absolute Gasteiger partial charge is 0.315 e. The largest absolute Gasteiger partial charge is 0.497 e. The molecule has 6 heteroatoms. The van der Waals surface area contributed by atoms with Crippen molar-refractivity contribution in [3.8, 4) is 5.75 Å². The van der Waals surface area contributed by atoms with Gasteiger partial charge in [-0.15, -0.1) is 0 Å². The first-order valence-corrected chi connectivity index (χ1v) is 9.08. The summed E-state index contributed by atoms with van der Waals surface area (Å²) in [5.74, 6) is 1.30. The SMILES string of the molecule is COc1ccc(N2C[C@H](NC(=O)N[C@@H]3CCCC[C@H]3C)CC2=O)cc1. The Morgan fingerprint density at radius 2 is 1.88 bits per heavy atom. The molecule has 3 amide bonds. The van der Waals surface area contributed by atoms with Crippen molar-refractivity contribution in [2.24, 2.45) is 5.92 Å². The van der Waals surface area contributed by atoms with Gasteiger partial charge in [-0.25, -0.2) is 4.79 Å². The van der Waals surface area contributed by atoms with Gasteiger partial charge in [0.25, 0.3) is 0 Å². The summed E-state index contributed by atoms with van der Waals surface area (Å²) >= 11 is 0. The van der Waals surface area contributed by atoms with Crippen LogP contribution in [0.1, 0.15) is 39.0 Å². The summed E-state index contributed by atoms with van der Waals surface area (Å²) in [5.41, 5.74) is 0.830. The van der Waals surface area contributed by atoms with E-state index in [1.54, 1.807) is 12.0 Å². The van der Waals surface area contributed by atoms with Gasteiger partial charge in [-0.05, 0) is 43.0 Å². The number of carbonyl (C=O) groups is 2. The van der Waals surface area contributed by atoms with E-state index in [0.29, 0.717) is 18.9 Å². The van der Waals surface area contributed by atoms with Crippen molar-refractivity contribution in [1.82, 2.24) is 10.6 Å². The van der Waals surface area contributed by atoms with E-state index >= 15 is 0 Å². The number of hydrogen-bond acceptors (Lipinski definition) is 3. The second-order valence-electron chi connectivity index (χ2n) is 7.09. The molecule has 0 radical (unpaired) electrons. The molecule has 1 saturated carbocycles. The van der Waals surface area contributed by atoms with Gasteiger partial charge in [0.1, 0.15) is 5.75 Å². The molecule has 0 bridgehead atoms. The molecule has 2 fully saturated rings. The molecule has 3 rings (SSSR count). The van der Waals surface area contributed by atoms with Gasteiger partial charge in [-0.1, -0.05) is 19.8 Å². The molecular formula is C19H27N3O3. The van der Waals surface area contributed by atoms with Gasteiger partial charge in [0.05, 0.1) is 13.2 Å². The maximum absolute atomic E-state index is 12.3. The average molecular weight is 345 g/mol. The Balaban J connectivity index is 1.54. The number of methoxy groups -OCH3 is 1. The molecule has 1 saturated heterocycles. The van der Waals surface area contributed by atoms with E-state index in [-0.39, 0.29) is 24.0 Å². The predicted octanol–water partition coefficient (Wildman–Crippen LogP) is 2.68. The van der Waals surface area contributed by atoms with Crippen molar-refractivity contribution in [3.63, 3.8) is 0 Å². The standard InChI is InChI=1S/C19H27N3O3/c1-13-5-3-4-6-17(13)21-19(24)20-14-11-18(23)22(12-14)15-7-9-16(25-2)10-8-15/h7-10,13-14,17H,3-6,11-12H2,1-2H3,(H2,20,21,24)/t13-,14-,17-/m1/s1. The monoisotopic (exact) mass is 345 g/mol. The van der Waals surface area contributed by atoms with Crippen LogP contribution >= 0.6 is 0 Å². The van der Waals surface area contributed by atoms with Crippen molar-refractivity contribution < 1.29 is 14.3 Å². The molecule has 1 aromatic carbocycles. The van der Waals surface area contributed by atoms with Gasteiger partial charge >= 0.3 is 6.03 Å². The van der Waals surface area contributed by atoms with E-state index in [4.69, 9.17) is 4.74 Å². The third-order valence-electron chi connectivity index (χ3n) is 5.27. The van der Waals surface area contributed by atoms with Crippen molar-refractivity contribution in [3.05, 3.63) is 24.3 Å². The molecule has 1 heterocycles. The molecule has 3 atom stereocenters. The second-order valence-corrected chi connectivity index (χ2v) is 7.09. The Hall–Kier alpha value is -2.24. The summed E-state index contributed by atoms with van der Waals surface area (Å²) in [4.78, 5) is 26.3. The zero-order valence-corrected chi connectivity index (χ0v) is 15.0. The normalized spacial score (nSPS) is 26.4. The third kappa shape index (κ3) is 4.24. The number of nitrogens with one attached hydrogen (secondary N) is 2. The summed E-state index contributed by atoms with van der Waals surface area (Å²) in [7, 11) is 1.61. The Labute approximate surface area is 148 Å². The van der Waals surface area contributed by atoms with Crippen molar-refractivity contribution in [2.45, 2.75) is 51.1 Å². The zero-order chi connectivity index (χ0) is 17.8. The van der Waals surface area contributed by atoms with Crippen LogP contribution in [-0.4, -0.2) is 37.7 Å². The molecule has 1 aromatic rings. The van der Waals surface area contributed by atoms with Crippen LogP contribution in [0, 0.1) is 5.92 Å². The molecular weight excluding hydrogens is 318 g/mol. The number of hydrogen-bond donors (Lipinski definition) is 2. The minimum Gasteiger partial charge on any atom is -0.497 e. The molecule has 136 valence electrons. The Kier molecular flexibility index (Phi) is 5.46. The highest BCUT2D eigenvalue weighted by atomic mass is 16.5. The van der Waals surface area contributed by atoms with Crippen LogP contribution in [0.25, 0.3) is 0 Å². The van der Waals surface area contributed by atoms with Crippen LogP contribution in [0.3, 0.4) is 0 Å². The lowest BCUT2D eigenvalue weighted by molar-refractivity contribution is -0.117. The lowest BCUT2D eigenvalue weighted by atomic mass is 9.86. The highest BCUT2D eigenvalue weighted by Gasteiger charge is 2.32. The number of carbonyl (C=O) groups excluding carboxylic acids is 2. The van der Waals surface area contributed by atoms with Crippen LogP contribution in [0.15, 0.2) is 24.3 Å². The van der Waals surface area contributed by atoms with Crippen LogP contribution in [-0.2, 0) is 4.79 Å². The van der Waals surface area contributed by atoms with Crippen molar-refractivity contribution in [2.75, 3.05) is 18.6 Å². The second kappa shape index (κ2) is 7.76. The van der Waals surface area contributed by atoms with Crippen LogP contribution in [0.4, 0.5) is 10.5 Å². The molecule has 1 aliphatic carbocycles. The predicted molar refractivity (Wildman–Crippen MR) is 96.8 cm³/mol. The summed E-state index contributed by atoms with van der Waals surface area (Å²) in [6.45, 7) is 2.69. The molecule has 0 unspecified atom stereocenters. The first-order chi connectivity index (χ1) is 12.1. The lowest BCUT2D eigenvalue weighted by Gasteiger charge is -2.30. The highest BCUT2D eigenvalue weighted by Crippen LogP contribution is 2.25. The number of nitrogens with zero attached hydrogens (tertiary/aromatic N) is 1. The molecule has 25 heavy (non-hydrogen) atoms. The lowest BCUT2D eigenvalue weighted by Crippen LogP contribution is -2.49. The fraction of sp³-hybridized carbons (Fsp3) is 0.579. The maximum atomic E-state index is 12.3. The van der Waals surface area contributed by atoms with E-state index in [9.17, 15) is 9.59 Å². The van der Waals surface area contributed by atoms with Gasteiger partial charge in [0.2, 0.25) is 5.91 Å². The van der Waals surface area contributed by atoms with E-state index in [2.05, 4.69) is 17.6 Å². The van der Waals surface area contributed by atoms with Gasteiger partial charge in [0, 0.05) is 24.7 Å². The van der Waals surface area contributed by atoms with Crippen molar-refractivity contribution >= 4 is 17.6 Å². The number of urea groups is 1. The third-order valence-corrected chi connectivity index (χ3v) is 5.27. The molecule has 1 aliphatic heterocycles. The summed E-state index contributed by atoms with van der Waals surface area (Å²) < 4.78 is 5.14. The fourth-order valence-electron chi connectivity index (χ4n) is 3.74. The van der Waals surface area contributed by atoms with E-state index < -0.39 is 0 Å². The van der Waals surface area contributed by atoms with Gasteiger partial charge in [0.15, 0.2) is 0 Å². The molecule has 2 aliphatic rings. The Morgan fingerprint density at radius 1 is 1.16 bits per heavy atom. The highest BCUT2D eigenvalue weighted by molar-refractivity contribution is 5.96. The Morgan fingerprint density at radius 3 is 2.56 bits per heavy atom. The van der Waals surface area contributed by atoms with E-state index in [1.807, 2.05) is 24.3 Å². The fourth-order valence-corrected chi connectivity index (χ4v) is 3.74. The number of anilines is 1. The van der Waals surface area contributed by atoms with Crippen LogP contribution in [0.5, 0.6) is 5.75 Å². The minimum atomic E-state index is -0.159. The Bertz CT molecular complexity index is 617. The summed E-state index contributed by atoms with van der Waals surface area (Å²) in [5, 5.41) is 6.05. The number of amides is 3. The van der Waals surface area contributed by atoms with Crippen LogP contribution < -0.4 is 20.3 Å². The summed E-state index contributed by atoms with van der Waals surface area (Å²) in [6, 6.07) is 7.32. The van der Waals surface area contributed by atoms with Gasteiger partial charge in [-0.2, -0.15) is 0 Å². The van der Waals surface area contributed by atoms with E-state index in [0.717, 1.165) is 24.3 Å². The molecule has 0 spiro atoms. The topological polar surface area (TPSA) is 70.7 Å². The summed E-state index contributed by atoms with van der Waals surface area (Å²) in [6.07, 6.45) is 4.95. The first kappa shape index (κ1) is 17.6. The number of benzene rings is 1. The van der Waals surface area contributed by atoms with Gasteiger partial charge in [-0.3, -0.25) is 4.79 Å². The number of ether oxygens (including phenoxy) is 1. The van der Waals surface area contributed by atoms with Crippen molar-refractivity contribution in [1.29, 1.82) is 0 Å². The maximum Gasteiger partial charge on any atom is 0.315 e. The quantitative estimate of drug-likeness (QED) is 0.881. The van der Waals surface area contributed by atoms with Crippen LogP contribution in [0.2, 0.25) is 0 Å². The first-order valence-electron chi connectivity index (χ1n) is 9.08. The zero-order valence-electron chi connectivity index (χ0n) is 15.0. The number of rotatable bonds is 4. The molecule has 0 aromatic heterocycles. The molecule has 6 nitrogen and oxygen atoms in total. The minimum absolute atomic E-state index is 0.0292. The van der Waals surface area contributed by atoms with Gasteiger partial charge < -0.3 is 20.3 Å². The molecule has 2 N–H and O–H groups in total.